The number of anilines is 2. The highest BCUT2D eigenvalue weighted by atomic mass is 16.5. The molecule has 0 fully saturated rings. The van der Waals surface area contributed by atoms with Crippen molar-refractivity contribution in [2.24, 2.45) is 0 Å². The van der Waals surface area contributed by atoms with Gasteiger partial charge in [-0.3, -0.25) is 4.79 Å². The zero-order valence-electron chi connectivity index (χ0n) is 16.1. The second-order valence-electron chi connectivity index (χ2n) is 6.13. The third-order valence-electron chi connectivity index (χ3n) is 4.00. The molecule has 0 aliphatic carbocycles. The molecule has 0 spiro atoms. The predicted molar refractivity (Wildman–Crippen MR) is 110 cm³/mol. The maximum Gasteiger partial charge on any atom is 0.330 e. The molecule has 0 bridgehead atoms. The monoisotopic (exact) mass is 366 g/mol. The molecule has 5 nitrogen and oxygen atoms in total. The van der Waals surface area contributed by atoms with Crippen molar-refractivity contribution >= 4 is 29.3 Å². The SMILES string of the molecule is CCCN(C)c1ccc(C(=O)Nc2ccc(C=CC(=O)OCC)cc2)cc1. The molecule has 2 rings (SSSR count). The van der Waals surface area contributed by atoms with Gasteiger partial charge in [0, 0.05) is 36.6 Å². The normalized spacial score (nSPS) is 10.6. The molecule has 2 aromatic rings. The Bertz CT molecular complexity index is 780. The van der Waals surface area contributed by atoms with Crippen molar-refractivity contribution in [1.29, 1.82) is 0 Å². The standard InChI is InChI=1S/C22H26N2O3/c1-4-16-24(3)20-13-9-18(10-14-20)22(26)23-19-11-6-17(7-12-19)8-15-21(25)27-5-2/h6-15H,4-5,16H2,1-3H3,(H,23,26). The molecule has 0 aliphatic heterocycles. The van der Waals surface area contributed by atoms with Gasteiger partial charge in [-0.25, -0.2) is 4.79 Å². The fourth-order valence-electron chi connectivity index (χ4n) is 2.57. The number of esters is 1. The first-order valence-electron chi connectivity index (χ1n) is 9.11. The summed E-state index contributed by atoms with van der Waals surface area (Å²) < 4.78 is 4.84. The summed E-state index contributed by atoms with van der Waals surface area (Å²) in [5.41, 5.74) is 3.24. The van der Waals surface area contributed by atoms with E-state index in [1.807, 2.05) is 43.4 Å². The lowest BCUT2D eigenvalue weighted by Gasteiger charge is -2.18. The Hall–Kier alpha value is -3.08. The van der Waals surface area contributed by atoms with Gasteiger partial charge in [0.25, 0.3) is 5.91 Å². The van der Waals surface area contributed by atoms with Crippen LogP contribution in [0.25, 0.3) is 6.08 Å². The van der Waals surface area contributed by atoms with Crippen molar-refractivity contribution in [3.63, 3.8) is 0 Å². The number of nitrogens with zero attached hydrogens (tertiary/aromatic N) is 1. The van der Waals surface area contributed by atoms with Crippen molar-refractivity contribution in [2.45, 2.75) is 20.3 Å². The molecule has 2 aromatic carbocycles. The van der Waals surface area contributed by atoms with Gasteiger partial charge in [-0.05, 0) is 61.4 Å². The van der Waals surface area contributed by atoms with Gasteiger partial charge >= 0.3 is 5.97 Å². The fraction of sp³-hybridized carbons (Fsp3) is 0.273. The van der Waals surface area contributed by atoms with Crippen molar-refractivity contribution < 1.29 is 14.3 Å². The summed E-state index contributed by atoms with van der Waals surface area (Å²) in [5.74, 6) is -0.530. The highest BCUT2D eigenvalue weighted by molar-refractivity contribution is 6.04. The van der Waals surface area contributed by atoms with E-state index in [4.69, 9.17) is 4.74 Å². The minimum absolute atomic E-state index is 0.158. The van der Waals surface area contributed by atoms with Crippen LogP contribution in [0.3, 0.4) is 0 Å². The van der Waals surface area contributed by atoms with Gasteiger partial charge in [0.1, 0.15) is 0 Å². The second kappa shape index (κ2) is 10.2. The van der Waals surface area contributed by atoms with Gasteiger partial charge in [0.15, 0.2) is 0 Å². The quantitative estimate of drug-likeness (QED) is 0.557. The number of benzene rings is 2. The molecule has 0 atom stereocenters. The lowest BCUT2D eigenvalue weighted by molar-refractivity contribution is -0.137. The van der Waals surface area contributed by atoms with Crippen LogP contribution in [0.1, 0.15) is 36.2 Å². The Morgan fingerprint density at radius 3 is 2.30 bits per heavy atom. The summed E-state index contributed by atoms with van der Waals surface area (Å²) in [4.78, 5) is 25.9. The average molecular weight is 366 g/mol. The Balaban J connectivity index is 1.96. The number of rotatable bonds is 8. The van der Waals surface area contributed by atoms with E-state index in [-0.39, 0.29) is 11.9 Å². The number of ether oxygens (including phenoxy) is 1. The molecule has 1 amide bonds. The largest absolute Gasteiger partial charge is 0.463 e. The van der Waals surface area contributed by atoms with Gasteiger partial charge in [0.05, 0.1) is 6.61 Å². The average Bonchev–Trinajstić information content (AvgIpc) is 2.68. The van der Waals surface area contributed by atoms with E-state index >= 15 is 0 Å². The number of nitrogens with one attached hydrogen (secondary N) is 1. The first-order chi connectivity index (χ1) is 13.0. The summed E-state index contributed by atoms with van der Waals surface area (Å²) >= 11 is 0. The van der Waals surface area contributed by atoms with E-state index < -0.39 is 0 Å². The molecule has 0 radical (unpaired) electrons. The van der Waals surface area contributed by atoms with E-state index in [1.165, 1.54) is 6.08 Å². The lowest BCUT2D eigenvalue weighted by atomic mass is 10.1. The molecule has 0 saturated heterocycles. The maximum atomic E-state index is 12.4. The molecule has 1 N–H and O–H groups in total. The number of carbonyl (C=O) groups excluding carboxylic acids is 2. The Morgan fingerprint density at radius 1 is 1.04 bits per heavy atom. The molecule has 27 heavy (non-hydrogen) atoms. The van der Waals surface area contributed by atoms with Crippen LogP contribution in [-0.4, -0.2) is 32.1 Å². The fourth-order valence-corrected chi connectivity index (χ4v) is 2.57. The first kappa shape index (κ1) is 20.2. The van der Waals surface area contributed by atoms with Crippen molar-refractivity contribution in [3.05, 3.63) is 65.7 Å². The minimum atomic E-state index is -0.372. The van der Waals surface area contributed by atoms with Crippen LogP contribution >= 0.6 is 0 Å². The summed E-state index contributed by atoms with van der Waals surface area (Å²) in [7, 11) is 2.04. The van der Waals surface area contributed by atoms with E-state index in [1.54, 1.807) is 25.1 Å². The molecule has 0 aliphatic rings. The summed E-state index contributed by atoms with van der Waals surface area (Å²) in [5, 5.41) is 2.88. The Kier molecular flexibility index (Phi) is 7.62. The molecule has 0 heterocycles. The first-order valence-corrected chi connectivity index (χ1v) is 9.11. The molecular formula is C22H26N2O3. The highest BCUT2D eigenvalue weighted by Crippen LogP contribution is 2.16. The number of hydrogen-bond acceptors (Lipinski definition) is 4. The minimum Gasteiger partial charge on any atom is -0.463 e. The zero-order valence-corrected chi connectivity index (χ0v) is 16.1. The molecule has 142 valence electrons. The van der Waals surface area contributed by atoms with Gasteiger partial charge in [-0.1, -0.05) is 19.1 Å². The Morgan fingerprint density at radius 2 is 1.70 bits per heavy atom. The molecule has 0 saturated carbocycles. The number of amides is 1. The summed E-state index contributed by atoms with van der Waals surface area (Å²) in [6, 6.07) is 14.8. The topological polar surface area (TPSA) is 58.6 Å². The molecule has 0 aromatic heterocycles. The second-order valence-corrected chi connectivity index (χ2v) is 6.13. The van der Waals surface area contributed by atoms with Crippen LogP contribution in [-0.2, 0) is 9.53 Å². The third kappa shape index (κ3) is 6.29. The van der Waals surface area contributed by atoms with Crippen LogP contribution < -0.4 is 10.2 Å². The number of carbonyl (C=O) groups is 2. The summed E-state index contributed by atoms with van der Waals surface area (Å²) in [6.07, 6.45) is 4.13. The molecule has 5 heteroatoms. The maximum absolute atomic E-state index is 12.4. The van der Waals surface area contributed by atoms with Crippen LogP contribution in [0, 0.1) is 0 Å². The Labute approximate surface area is 160 Å². The smallest absolute Gasteiger partial charge is 0.330 e. The van der Waals surface area contributed by atoms with Crippen LogP contribution in [0.2, 0.25) is 0 Å². The number of hydrogen-bond donors (Lipinski definition) is 1. The third-order valence-corrected chi connectivity index (χ3v) is 4.00. The molecular weight excluding hydrogens is 340 g/mol. The highest BCUT2D eigenvalue weighted by Gasteiger charge is 2.07. The zero-order chi connectivity index (χ0) is 19.6. The van der Waals surface area contributed by atoms with Crippen molar-refractivity contribution in [3.8, 4) is 0 Å². The van der Waals surface area contributed by atoms with Crippen LogP contribution in [0.15, 0.2) is 54.6 Å². The van der Waals surface area contributed by atoms with E-state index in [9.17, 15) is 9.59 Å². The van der Waals surface area contributed by atoms with Gasteiger partial charge in [-0.15, -0.1) is 0 Å². The summed E-state index contributed by atoms with van der Waals surface area (Å²) in [6.45, 7) is 5.23. The van der Waals surface area contributed by atoms with Crippen LogP contribution in [0.5, 0.6) is 0 Å². The van der Waals surface area contributed by atoms with Crippen LogP contribution in [0.4, 0.5) is 11.4 Å². The van der Waals surface area contributed by atoms with Gasteiger partial charge < -0.3 is 15.0 Å². The van der Waals surface area contributed by atoms with Crippen molar-refractivity contribution in [1.82, 2.24) is 0 Å². The molecule has 0 unspecified atom stereocenters. The van der Waals surface area contributed by atoms with E-state index in [0.717, 1.165) is 24.2 Å². The predicted octanol–water partition coefficient (Wildman–Crippen LogP) is 4.36. The lowest BCUT2D eigenvalue weighted by Crippen LogP contribution is -2.18. The van der Waals surface area contributed by atoms with Crippen molar-refractivity contribution in [2.75, 3.05) is 30.4 Å². The van der Waals surface area contributed by atoms with E-state index in [2.05, 4.69) is 17.1 Å². The van der Waals surface area contributed by atoms with E-state index in [0.29, 0.717) is 17.9 Å². The van der Waals surface area contributed by atoms with Gasteiger partial charge in [-0.2, -0.15) is 0 Å². The van der Waals surface area contributed by atoms with Gasteiger partial charge in [0.2, 0.25) is 0 Å².